The third kappa shape index (κ3) is 4.44. The van der Waals surface area contributed by atoms with Crippen LogP contribution in [0.2, 0.25) is 0 Å². The molecule has 0 aliphatic carbocycles. The van der Waals surface area contributed by atoms with Crippen molar-refractivity contribution in [2.24, 2.45) is 0 Å². The van der Waals surface area contributed by atoms with Gasteiger partial charge in [-0.05, 0) is 22.8 Å². The molecule has 136 valence electrons. The van der Waals surface area contributed by atoms with Crippen LogP contribution in [0.4, 0.5) is 0 Å². The van der Waals surface area contributed by atoms with Crippen molar-refractivity contribution in [3.63, 3.8) is 0 Å². The van der Waals surface area contributed by atoms with E-state index in [0.29, 0.717) is 16.7 Å². The summed E-state index contributed by atoms with van der Waals surface area (Å²) >= 11 is 0. The van der Waals surface area contributed by atoms with Crippen molar-refractivity contribution in [2.45, 2.75) is 0 Å². The maximum atomic E-state index is 12.2. The maximum absolute atomic E-state index is 12.2. The molecule has 0 aliphatic heterocycles. The number of esters is 1. The van der Waals surface area contributed by atoms with Gasteiger partial charge in [0.15, 0.2) is 0 Å². The highest BCUT2D eigenvalue weighted by Crippen LogP contribution is 2.24. The summed E-state index contributed by atoms with van der Waals surface area (Å²) < 4.78 is 4.90. The SMILES string of the molecule is COC(=O)c1ccc(C=Cc2ccccc2)c(C#N)c1C=Cc1ccccc1. The fourth-order valence-electron chi connectivity index (χ4n) is 2.85. The van der Waals surface area contributed by atoms with Crippen LogP contribution in [0.1, 0.15) is 38.2 Å². The smallest absolute Gasteiger partial charge is 0.338 e. The predicted molar refractivity (Wildman–Crippen MR) is 113 cm³/mol. The summed E-state index contributed by atoms with van der Waals surface area (Å²) in [6, 6.07) is 25.3. The molecule has 0 amide bonds. The zero-order chi connectivity index (χ0) is 19.8. The standard InChI is InChI=1S/C25H19NO2/c1-28-25(27)23-17-15-21(14-12-19-8-4-2-5-9-19)24(18-26)22(23)16-13-20-10-6-3-7-11-20/h2-17H,1H3. The molecule has 0 fully saturated rings. The second-order valence-corrected chi connectivity index (χ2v) is 6.08. The molecule has 0 atom stereocenters. The molecule has 0 saturated carbocycles. The molecule has 0 saturated heterocycles. The van der Waals surface area contributed by atoms with Gasteiger partial charge in [-0.15, -0.1) is 0 Å². The number of hydrogen-bond donors (Lipinski definition) is 0. The van der Waals surface area contributed by atoms with Gasteiger partial charge in [0.05, 0.1) is 18.2 Å². The topological polar surface area (TPSA) is 50.1 Å². The fraction of sp³-hybridized carbons (Fsp3) is 0.0400. The summed E-state index contributed by atoms with van der Waals surface area (Å²) in [5.41, 5.74) is 4.10. The largest absolute Gasteiger partial charge is 0.465 e. The zero-order valence-electron chi connectivity index (χ0n) is 15.5. The van der Waals surface area contributed by atoms with Gasteiger partial charge < -0.3 is 4.74 Å². The third-order valence-corrected chi connectivity index (χ3v) is 4.29. The molecular weight excluding hydrogens is 346 g/mol. The van der Waals surface area contributed by atoms with Crippen molar-refractivity contribution >= 4 is 30.3 Å². The molecule has 3 aromatic carbocycles. The number of nitrogens with zero attached hydrogens (tertiary/aromatic N) is 1. The van der Waals surface area contributed by atoms with Crippen molar-refractivity contribution in [2.75, 3.05) is 7.11 Å². The molecule has 0 aromatic heterocycles. The quantitative estimate of drug-likeness (QED) is 0.431. The van der Waals surface area contributed by atoms with E-state index in [0.717, 1.165) is 16.7 Å². The highest BCUT2D eigenvalue weighted by atomic mass is 16.5. The van der Waals surface area contributed by atoms with Gasteiger partial charge >= 0.3 is 5.97 Å². The van der Waals surface area contributed by atoms with E-state index in [1.165, 1.54) is 7.11 Å². The average molecular weight is 365 g/mol. The van der Waals surface area contributed by atoms with E-state index < -0.39 is 5.97 Å². The van der Waals surface area contributed by atoms with Crippen molar-refractivity contribution < 1.29 is 9.53 Å². The highest BCUT2D eigenvalue weighted by molar-refractivity contribution is 5.97. The van der Waals surface area contributed by atoms with Crippen LogP contribution < -0.4 is 0 Å². The second kappa shape index (κ2) is 9.16. The summed E-state index contributed by atoms with van der Waals surface area (Å²) in [5.74, 6) is -0.470. The van der Waals surface area contributed by atoms with E-state index in [1.54, 1.807) is 18.2 Å². The van der Waals surface area contributed by atoms with Gasteiger partial charge in [-0.2, -0.15) is 5.26 Å². The Balaban J connectivity index is 2.08. The van der Waals surface area contributed by atoms with E-state index in [9.17, 15) is 10.1 Å². The first-order chi connectivity index (χ1) is 13.7. The average Bonchev–Trinajstić information content (AvgIpc) is 2.76. The Morgan fingerprint density at radius 2 is 1.39 bits per heavy atom. The molecule has 0 aliphatic rings. The van der Waals surface area contributed by atoms with Gasteiger partial charge in [0.1, 0.15) is 6.07 Å². The molecule has 3 nitrogen and oxygen atoms in total. The van der Waals surface area contributed by atoms with Crippen LogP contribution in [-0.2, 0) is 4.74 Å². The molecule has 0 spiro atoms. The van der Waals surface area contributed by atoms with Crippen molar-refractivity contribution in [3.8, 4) is 6.07 Å². The summed E-state index contributed by atoms with van der Waals surface area (Å²) in [7, 11) is 1.34. The Morgan fingerprint density at radius 3 is 1.93 bits per heavy atom. The molecule has 0 unspecified atom stereocenters. The highest BCUT2D eigenvalue weighted by Gasteiger charge is 2.16. The summed E-state index contributed by atoms with van der Waals surface area (Å²) in [6.07, 6.45) is 7.50. The molecule has 3 rings (SSSR count). The summed E-state index contributed by atoms with van der Waals surface area (Å²) in [5, 5.41) is 9.80. The maximum Gasteiger partial charge on any atom is 0.338 e. The van der Waals surface area contributed by atoms with Gasteiger partial charge in [0.25, 0.3) is 0 Å². The van der Waals surface area contributed by atoms with Gasteiger partial charge in [-0.25, -0.2) is 4.79 Å². The number of methoxy groups -OCH3 is 1. The lowest BCUT2D eigenvalue weighted by Crippen LogP contribution is -2.06. The Kier molecular flexibility index (Phi) is 6.17. The molecule has 3 heteroatoms. The zero-order valence-corrected chi connectivity index (χ0v) is 15.5. The fourth-order valence-corrected chi connectivity index (χ4v) is 2.85. The van der Waals surface area contributed by atoms with Crippen molar-refractivity contribution in [1.29, 1.82) is 5.26 Å². The Bertz CT molecular complexity index is 1060. The van der Waals surface area contributed by atoms with Gasteiger partial charge in [-0.1, -0.05) is 91.0 Å². The van der Waals surface area contributed by atoms with Crippen molar-refractivity contribution in [3.05, 3.63) is 106 Å². The van der Waals surface area contributed by atoms with Crippen LogP contribution >= 0.6 is 0 Å². The molecule has 3 aromatic rings. The molecular formula is C25H19NO2. The van der Waals surface area contributed by atoms with Crippen LogP contribution in [-0.4, -0.2) is 13.1 Å². The minimum Gasteiger partial charge on any atom is -0.465 e. The number of ether oxygens (including phenoxy) is 1. The van der Waals surface area contributed by atoms with Crippen LogP contribution in [0.5, 0.6) is 0 Å². The van der Waals surface area contributed by atoms with Crippen LogP contribution in [0.3, 0.4) is 0 Å². The van der Waals surface area contributed by atoms with E-state index >= 15 is 0 Å². The van der Waals surface area contributed by atoms with E-state index in [1.807, 2.05) is 78.9 Å². The second-order valence-electron chi connectivity index (χ2n) is 6.08. The molecule has 0 bridgehead atoms. The van der Waals surface area contributed by atoms with E-state index in [2.05, 4.69) is 6.07 Å². The first-order valence-corrected chi connectivity index (χ1v) is 8.84. The minimum absolute atomic E-state index is 0.364. The first kappa shape index (κ1) is 18.9. The third-order valence-electron chi connectivity index (χ3n) is 4.29. The lowest BCUT2D eigenvalue weighted by Gasteiger charge is -2.09. The van der Waals surface area contributed by atoms with E-state index in [-0.39, 0.29) is 0 Å². The monoisotopic (exact) mass is 365 g/mol. The normalized spacial score (nSPS) is 10.9. The van der Waals surface area contributed by atoms with Crippen molar-refractivity contribution in [1.82, 2.24) is 0 Å². The Morgan fingerprint density at radius 1 is 0.821 bits per heavy atom. The van der Waals surface area contributed by atoms with Crippen LogP contribution in [0, 0.1) is 11.3 Å². The summed E-state index contributed by atoms with van der Waals surface area (Å²) in [4.78, 5) is 12.2. The van der Waals surface area contributed by atoms with Gasteiger partial charge in [0, 0.05) is 5.56 Å². The number of carbonyl (C=O) groups is 1. The van der Waals surface area contributed by atoms with Gasteiger partial charge in [0.2, 0.25) is 0 Å². The molecule has 28 heavy (non-hydrogen) atoms. The number of hydrogen-bond acceptors (Lipinski definition) is 3. The molecule has 0 heterocycles. The number of nitriles is 1. The molecule has 0 radical (unpaired) electrons. The van der Waals surface area contributed by atoms with Gasteiger partial charge in [-0.3, -0.25) is 0 Å². The van der Waals surface area contributed by atoms with Crippen LogP contribution in [0.15, 0.2) is 72.8 Å². The Labute approximate surface area is 164 Å². The van der Waals surface area contributed by atoms with E-state index in [4.69, 9.17) is 4.74 Å². The number of carbonyl (C=O) groups excluding carboxylic acids is 1. The number of benzene rings is 3. The summed E-state index contributed by atoms with van der Waals surface area (Å²) in [6.45, 7) is 0. The predicted octanol–water partition coefficient (Wildman–Crippen LogP) is 5.69. The van der Waals surface area contributed by atoms with Crippen LogP contribution in [0.25, 0.3) is 24.3 Å². The lowest BCUT2D eigenvalue weighted by molar-refractivity contribution is 0.0600. The lowest BCUT2D eigenvalue weighted by atomic mass is 9.95. The Hall–Kier alpha value is -3.90. The minimum atomic E-state index is -0.470. The molecule has 0 N–H and O–H groups in total. The number of rotatable bonds is 5. The first-order valence-electron chi connectivity index (χ1n) is 8.84.